The van der Waals surface area contributed by atoms with Gasteiger partial charge in [-0.05, 0) is 159 Å². The van der Waals surface area contributed by atoms with Crippen LogP contribution in [0.5, 0.6) is 0 Å². The first-order valence-corrected chi connectivity index (χ1v) is 25.4. The number of carbonyl (C=O) groups excluding carboxylic acids is 3. The number of ether oxygens (including phenoxy) is 4. The summed E-state index contributed by atoms with van der Waals surface area (Å²) in [6, 6.07) is 0. The summed E-state index contributed by atoms with van der Waals surface area (Å²) in [5, 5.41) is 10.4. The first kappa shape index (κ1) is 49.8. The number of ketones is 3. The number of aliphatic hydroxyl groups excluding tert-OH is 1. The van der Waals surface area contributed by atoms with Gasteiger partial charge in [-0.3, -0.25) is 14.4 Å². The first-order valence-electron chi connectivity index (χ1n) is 25.4. The van der Waals surface area contributed by atoms with Gasteiger partial charge in [0.2, 0.25) is 0 Å². The van der Waals surface area contributed by atoms with E-state index in [1.54, 1.807) is 0 Å². The van der Waals surface area contributed by atoms with Gasteiger partial charge in [-0.2, -0.15) is 0 Å². The van der Waals surface area contributed by atoms with Gasteiger partial charge in [-0.15, -0.1) is 0 Å². The van der Waals surface area contributed by atoms with Crippen LogP contribution in [0.1, 0.15) is 160 Å². The van der Waals surface area contributed by atoms with Crippen molar-refractivity contribution in [2.45, 2.75) is 177 Å². The normalized spacial score (nSPS) is 49.7. The van der Waals surface area contributed by atoms with E-state index in [4.69, 9.17) is 18.9 Å². The quantitative estimate of drug-likeness (QED) is 0.298. The van der Waals surface area contributed by atoms with Crippen LogP contribution in [0.25, 0.3) is 0 Å². The molecule has 8 aliphatic carbocycles. The molecule has 0 aromatic carbocycles. The largest absolute Gasteiger partial charge is 1.00 e. The summed E-state index contributed by atoms with van der Waals surface area (Å²) >= 11 is 0. The van der Waals surface area contributed by atoms with E-state index in [0.717, 1.165) is 64.6 Å². The molecule has 10 heteroatoms. The van der Waals surface area contributed by atoms with E-state index < -0.39 is 0 Å². The van der Waals surface area contributed by atoms with Crippen LogP contribution >= 0.6 is 0 Å². The fraction of sp³-hybridized carbons (Fsp3) is 0.942. The Kier molecular flexibility index (Phi) is 15.1. The van der Waals surface area contributed by atoms with Crippen molar-refractivity contribution >= 4 is 25.8 Å². The molecule has 0 spiro atoms. The van der Waals surface area contributed by atoms with Gasteiger partial charge in [0.05, 0.1) is 32.5 Å². The summed E-state index contributed by atoms with van der Waals surface area (Å²) in [5.74, 6) is 6.67. The average molecular weight is 870 g/mol. The van der Waals surface area contributed by atoms with Crippen molar-refractivity contribution in [1.29, 1.82) is 0 Å². The third kappa shape index (κ3) is 7.73. The first-order chi connectivity index (χ1) is 28.6. The Morgan fingerprint density at radius 3 is 1.44 bits per heavy atom. The number of aliphatic hydroxyl groups is 1. The van der Waals surface area contributed by atoms with E-state index >= 15 is 0 Å². The number of Topliss-reactive ketones (excluding diaryl/α,β-unsaturated/α-hetero) is 3. The Morgan fingerprint density at radius 1 is 0.581 bits per heavy atom. The Labute approximate surface area is 400 Å². The maximum atomic E-state index is 14.0. The molecule has 2 heterocycles. The van der Waals surface area contributed by atoms with Crippen LogP contribution in [0.3, 0.4) is 0 Å². The molecule has 2 aliphatic heterocycles. The maximum Gasteiger partial charge on any atom is 1.00 e. The second kappa shape index (κ2) is 18.8. The van der Waals surface area contributed by atoms with Gasteiger partial charge < -0.3 is 25.5 Å². The number of carbonyl (C=O) groups is 3. The minimum absolute atomic E-state index is 0. The SMILES string of the molecule is CC[C@H]1C(=O)C2C(CC[C@@]3(C)C2CC[C@@H]3[C@H](C)C2OCCO2)[C@@]2(C)CCC(=O)CC12.CC[C@H]1C(=O)C2C(CC[C@@]3(C)C2CC[C@@H]3[C@H](C)C2OCCO2)[C@@]2(C)CC[C@@H](O)CC12.[B].[H-].[Na+]. The molecular weight excluding hydrogens is 786 g/mol. The predicted octanol–water partition coefficient (Wildman–Crippen LogP) is 6.60. The molecule has 8 saturated carbocycles. The minimum atomic E-state index is -0.210. The molecule has 8 nitrogen and oxygen atoms in total. The van der Waals surface area contributed by atoms with Crippen molar-refractivity contribution in [3.05, 3.63) is 0 Å². The van der Waals surface area contributed by atoms with Gasteiger partial charge in [0.15, 0.2) is 12.6 Å². The zero-order valence-electron chi connectivity index (χ0n) is 41.3. The van der Waals surface area contributed by atoms with E-state index in [0.29, 0.717) is 90.2 Å². The van der Waals surface area contributed by atoms with Crippen LogP contribution in [0.4, 0.5) is 0 Å². The zero-order valence-corrected chi connectivity index (χ0v) is 42.3. The van der Waals surface area contributed by atoms with Crippen molar-refractivity contribution < 1.29 is 69.4 Å². The number of rotatable bonds is 6. The van der Waals surface area contributed by atoms with E-state index in [2.05, 4.69) is 55.4 Å². The molecule has 10 fully saturated rings. The van der Waals surface area contributed by atoms with Crippen molar-refractivity contribution in [2.24, 2.45) is 105 Å². The van der Waals surface area contributed by atoms with Gasteiger partial charge >= 0.3 is 29.6 Å². The summed E-state index contributed by atoms with van der Waals surface area (Å²) < 4.78 is 23.6. The molecule has 19 atom stereocenters. The molecule has 10 rings (SSSR count). The monoisotopic (exact) mass is 870 g/mol. The molecule has 3 radical (unpaired) electrons. The van der Waals surface area contributed by atoms with Crippen LogP contribution in [0, 0.1) is 105 Å². The third-order valence-electron chi connectivity index (χ3n) is 21.7. The van der Waals surface area contributed by atoms with E-state index in [1.807, 2.05) is 0 Å². The Hall–Kier alpha value is -0.125. The average Bonchev–Trinajstić information content (AvgIpc) is 4.06. The molecule has 1 N–H and O–H groups in total. The molecule has 0 bridgehead atoms. The van der Waals surface area contributed by atoms with Crippen LogP contribution in [-0.2, 0) is 33.3 Å². The Balaban J connectivity index is 0.000000200. The van der Waals surface area contributed by atoms with Gasteiger partial charge in [-0.25, -0.2) is 0 Å². The zero-order chi connectivity index (χ0) is 42.5. The standard InChI is InChI=1S/C26H42O4.C26H40O4.B.Na.H/c2*1-5-17-21-14-16(27)8-10-26(21,4)20-9-11-25(3)18(15(2)24-29-12-13-30-24)6-7-19(25)22(20)23(17)28;;;/h15-22,24,27H,5-14H2,1-4H3;15,17-22,24H,5-14H2,1-4H3;;;/q;;;+1;-1/t15-,16+,17+,18+,19?,20?,21?,22?,25+,26+;15-,17+,18+,19?,20?,21?,22?,25+,26+;;;/m00.../s1. The summed E-state index contributed by atoms with van der Waals surface area (Å²) in [6.45, 7) is 21.7. The van der Waals surface area contributed by atoms with Crippen molar-refractivity contribution in [3.8, 4) is 0 Å². The van der Waals surface area contributed by atoms with Gasteiger partial charge in [-0.1, -0.05) is 55.4 Å². The van der Waals surface area contributed by atoms with Crippen LogP contribution < -0.4 is 29.6 Å². The fourth-order valence-corrected chi connectivity index (χ4v) is 18.6. The minimum Gasteiger partial charge on any atom is -1.00 e. The third-order valence-corrected chi connectivity index (χ3v) is 21.7. The molecule has 62 heavy (non-hydrogen) atoms. The topological polar surface area (TPSA) is 108 Å². The van der Waals surface area contributed by atoms with E-state index in [9.17, 15) is 19.5 Å². The van der Waals surface area contributed by atoms with E-state index in [1.165, 1.54) is 44.9 Å². The maximum absolute atomic E-state index is 14.0. The fourth-order valence-electron chi connectivity index (χ4n) is 18.6. The van der Waals surface area contributed by atoms with Crippen LogP contribution in [0.2, 0.25) is 0 Å². The van der Waals surface area contributed by atoms with Crippen molar-refractivity contribution in [2.75, 3.05) is 26.4 Å². The van der Waals surface area contributed by atoms with Crippen LogP contribution in [0.15, 0.2) is 0 Å². The molecule has 0 aromatic rings. The molecule has 0 amide bonds. The smallest absolute Gasteiger partial charge is 1.00 e. The molecule has 8 unspecified atom stereocenters. The molecule has 10 aliphatic rings. The number of hydrogen-bond acceptors (Lipinski definition) is 8. The van der Waals surface area contributed by atoms with Gasteiger partial charge in [0, 0.05) is 56.8 Å². The number of fused-ring (bicyclic) bond motifs is 10. The number of hydrogen-bond donors (Lipinski definition) is 1. The van der Waals surface area contributed by atoms with Gasteiger partial charge in [0.1, 0.15) is 17.3 Å². The Morgan fingerprint density at radius 2 is 0.984 bits per heavy atom. The summed E-state index contributed by atoms with van der Waals surface area (Å²) in [4.78, 5) is 40.3. The molecule has 0 aromatic heterocycles. The Bertz CT molecular complexity index is 1640. The predicted molar refractivity (Wildman–Crippen MR) is 237 cm³/mol. The molecule has 343 valence electrons. The second-order valence-corrected chi connectivity index (χ2v) is 23.6. The van der Waals surface area contributed by atoms with Crippen molar-refractivity contribution in [3.63, 3.8) is 0 Å². The second-order valence-electron chi connectivity index (χ2n) is 23.6. The molecule has 2 saturated heterocycles. The van der Waals surface area contributed by atoms with E-state index in [-0.39, 0.29) is 109 Å². The summed E-state index contributed by atoms with van der Waals surface area (Å²) in [5.41, 5.74) is 0.815. The summed E-state index contributed by atoms with van der Waals surface area (Å²) in [7, 11) is 0. The van der Waals surface area contributed by atoms with Crippen molar-refractivity contribution in [1.82, 2.24) is 0 Å². The van der Waals surface area contributed by atoms with Gasteiger partial charge in [0.25, 0.3) is 0 Å². The molecular formula is C52H83BNaO8. The summed E-state index contributed by atoms with van der Waals surface area (Å²) in [6.07, 6.45) is 16.2. The van der Waals surface area contributed by atoms with Crippen LogP contribution in [-0.4, -0.2) is 76.0 Å².